The van der Waals surface area contributed by atoms with Gasteiger partial charge in [0.2, 0.25) is 5.88 Å². The summed E-state index contributed by atoms with van der Waals surface area (Å²) in [7, 11) is 1.90. The summed E-state index contributed by atoms with van der Waals surface area (Å²) >= 11 is 5.97. The van der Waals surface area contributed by atoms with E-state index in [1.54, 1.807) is 6.07 Å². The van der Waals surface area contributed by atoms with E-state index in [0.29, 0.717) is 24.0 Å². The first-order chi connectivity index (χ1) is 13.8. The number of hydrogen-bond donors (Lipinski definition) is 3. The SMILES string of the molecule is CCOc1cc(NC(=O)NNc2cc(C(C)C)c3c(n2)c(C)nn3C)cc(Cl)n1. The lowest BCUT2D eigenvalue weighted by Crippen LogP contribution is -2.34. The van der Waals surface area contributed by atoms with Crippen LogP contribution in [0.5, 0.6) is 5.88 Å². The fourth-order valence-electron chi connectivity index (χ4n) is 3.03. The molecule has 10 heteroatoms. The first-order valence-corrected chi connectivity index (χ1v) is 9.64. The quantitative estimate of drug-likeness (QED) is 0.413. The number of halogens is 1. The van der Waals surface area contributed by atoms with Crippen molar-refractivity contribution in [3.8, 4) is 5.88 Å². The number of hydrogen-bond acceptors (Lipinski definition) is 6. The van der Waals surface area contributed by atoms with E-state index in [-0.39, 0.29) is 11.1 Å². The number of pyridine rings is 2. The third-order valence-corrected chi connectivity index (χ3v) is 4.43. The first-order valence-electron chi connectivity index (χ1n) is 9.26. The Morgan fingerprint density at radius 2 is 2.03 bits per heavy atom. The molecule has 0 aromatic carbocycles. The monoisotopic (exact) mass is 417 g/mol. The lowest BCUT2D eigenvalue weighted by atomic mass is 10.0. The molecule has 3 rings (SSSR count). The Hall–Kier alpha value is -3.07. The van der Waals surface area contributed by atoms with Crippen LogP contribution in [0.1, 0.15) is 37.9 Å². The van der Waals surface area contributed by atoms with Crippen LogP contribution >= 0.6 is 11.6 Å². The van der Waals surface area contributed by atoms with Crippen LogP contribution in [0.3, 0.4) is 0 Å². The second-order valence-electron chi connectivity index (χ2n) is 6.81. The highest BCUT2D eigenvalue weighted by Crippen LogP contribution is 2.28. The maximum atomic E-state index is 12.3. The maximum Gasteiger partial charge on any atom is 0.337 e. The van der Waals surface area contributed by atoms with E-state index in [2.05, 4.69) is 45.1 Å². The van der Waals surface area contributed by atoms with E-state index in [1.165, 1.54) is 6.07 Å². The normalized spacial score (nSPS) is 11.0. The van der Waals surface area contributed by atoms with Gasteiger partial charge < -0.3 is 10.1 Å². The highest BCUT2D eigenvalue weighted by Gasteiger charge is 2.16. The summed E-state index contributed by atoms with van der Waals surface area (Å²) in [4.78, 5) is 20.9. The second kappa shape index (κ2) is 8.52. The largest absolute Gasteiger partial charge is 0.478 e. The average Bonchev–Trinajstić information content (AvgIpc) is 2.93. The molecule has 3 heterocycles. The molecule has 3 aromatic rings. The molecule has 0 aliphatic heterocycles. The molecule has 0 radical (unpaired) electrons. The molecule has 0 spiro atoms. The molecule has 0 atom stereocenters. The van der Waals surface area contributed by atoms with Gasteiger partial charge in [-0.25, -0.2) is 14.8 Å². The topological polar surface area (TPSA) is 106 Å². The molecule has 154 valence electrons. The standard InChI is InChI=1S/C19H24ClN7O2/c1-6-29-16-8-12(7-14(20)22-16)21-19(28)25-24-15-9-13(10(2)3)18-17(23-15)11(4)26-27(18)5/h7-10H,6H2,1-5H3,(H,23,24)(H2,21,22,25,28). The minimum Gasteiger partial charge on any atom is -0.478 e. The fourth-order valence-corrected chi connectivity index (χ4v) is 3.23. The van der Waals surface area contributed by atoms with Crippen LogP contribution in [0.15, 0.2) is 18.2 Å². The van der Waals surface area contributed by atoms with E-state index in [4.69, 9.17) is 16.3 Å². The number of rotatable bonds is 6. The number of ether oxygens (including phenoxy) is 1. The van der Waals surface area contributed by atoms with Gasteiger partial charge in [-0.2, -0.15) is 5.10 Å². The Labute approximate surface area is 173 Å². The summed E-state index contributed by atoms with van der Waals surface area (Å²) < 4.78 is 7.16. The smallest absolute Gasteiger partial charge is 0.337 e. The van der Waals surface area contributed by atoms with E-state index >= 15 is 0 Å². The molecule has 9 nitrogen and oxygen atoms in total. The number of carbonyl (C=O) groups excluding carboxylic acids is 1. The molecule has 0 saturated heterocycles. The number of aryl methyl sites for hydroxylation is 2. The summed E-state index contributed by atoms with van der Waals surface area (Å²) in [6.45, 7) is 8.40. The first kappa shape index (κ1) is 20.7. The van der Waals surface area contributed by atoms with Crippen molar-refractivity contribution in [2.75, 3.05) is 17.3 Å². The molecule has 0 aliphatic rings. The molecule has 29 heavy (non-hydrogen) atoms. The Bertz CT molecular complexity index is 1050. The minimum absolute atomic E-state index is 0.222. The molecular weight excluding hydrogens is 394 g/mol. The van der Waals surface area contributed by atoms with Crippen molar-refractivity contribution < 1.29 is 9.53 Å². The summed E-state index contributed by atoms with van der Waals surface area (Å²) in [5.74, 6) is 1.12. The molecule has 0 bridgehead atoms. The molecule has 0 saturated carbocycles. The van der Waals surface area contributed by atoms with E-state index in [0.717, 1.165) is 22.3 Å². The molecule has 3 aromatic heterocycles. The van der Waals surface area contributed by atoms with Crippen molar-refractivity contribution in [2.45, 2.75) is 33.6 Å². The number of nitrogens with zero attached hydrogens (tertiary/aromatic N) is 4. The van der Waals surface area contributed by atoms with E-state index < -0.39 is 6.03 Å². The highest BCUT2D eigenvalue weighted by molar-refractivity contribution is 6.29. The van der Waals surface area contributed by atoms with Gasteiger partial charge in [0.25, 0.3) is 0 Å². The van der Waals surface area contributed by atoms with Crippen LogP contribution in [0.2, 0.25) is 5.15 Å². The Morgan fingerprint density at radius 1 is 1.28 bits per heavy atom. The van der Waals surface area contributed by atoms with E-state index in [9.17, 15) is 4.79 Å². The summed E-state index contributed by atoms with van der Waals surface area (Å²) in [6.07, 6.45) is 0. The van der Waals surface area contributed by atoms with Gasteiger partial charge in [0.05, 0.1) is 23.5 Å². The Morgan fingerprint density at radius 3 is 2.72 bits per heavy atom. The van der Waals surface area contributed by atoms with Crippen molar-refractivity contribution in [1.82, 2.24) is 25.2 Å². The van der Waals surface area contributed by atoms with Crippen molar-refractivity contribution >= 4 is 40.2 Å². The Kier molecular flexibility index (Phi) is 6.07. The number of carbonyl (C=O) groups is 1. The van der Waals surface area contributed by atoms with Gasteiger partial charge in [-0.15, -0.1) is 0 Å². The fraction of sp³-hybridized carbons (Fsp3) is 0.368. The van der Waals surface area contributed by atoms with Crippen LogP contribution < -0.4 is 20.9 Å². The van der Waals surface area contributed by atoms with E-state index in [1.807, 2.05) is 31.6 Å². The Balaban J connectivity index is 1.75. The maximum absolute atomic E-state index is 12.3. The molecule has 0 unspecified atom stereocenters. The lowest BCUT2D eigenvalue weighted by molar-refractivity contribution is 0.254. The predicted octanol–water partition coefficient (Wildman–Crippen LogP) is 4.00. The highest BCUT2D eigenvalue weighted by atomic mass is 35.5. The zero-order valence-corrected chi connectivity index (χ0v) is 17.8. The zero-order valence-electron chi connectivity index (χ0n) is 17.0. The molecular formula is C19H24ClN7O2. The number of fused-ring (bicyclic) bond motifs is 1. The lowest BCUT2D eigenvalue weighted by Gasteiger charge is -2.14. The summed E-state index contributed by atoms with van der Waals surface area (Å²) in [5, 5.41) is 7.36. The molecule has 0 fully saturated rings. The van der Waals surface area contributed by atoms with Gasteiger partial charge in [0.1, 0.15) is 16.5 Å². The molecule has 0 aliphatic carbocycles. The van der Waals surface area contributed by atoms with Gasteiger partial charge in [0, 0.05) is 13.1 Å². The summed E-state index contributed by atoms with van der Waals surface area (Å²) in [6, 6.07) is 4.55. The second-order valence-corrected chi connectivity index (χ2v) is 7.20. The van der Waals surface area contributed by atoms with Crippen molar-refractivity contribution in [3.05, 3.63) is 34.6 Å². The molecule has 2 amide bonds. The van der Waals surface area contributed by atoms with Gasteiger partial charge >= 0.3 is 6.03 Å². The number of anilines is 2. The average molecular weight is 418 g/mol. The summed E-state index contributed by atoms with van der Waals surface area (Å²) in [5.41, 5.74) is 9.59. The zero-order chi connectivity index (χ0) is 21.1. The van der Waals surface area contributed by atoms with Crippen LogP contribution in [0.4, 0.5) is 16.3 Å². The third-order valence-electron chi connectivity index (χ3n) is 4.24. The number of urea groups is 1. The van der Waals surface area contributed by atoms with Gasteiger partial charge in [-0.3, -0.25) is 15.5 Å². The predicted molar refractivity (Wildman–Crippen MR) is 114 cm³/mol. The van der Waals surface area contributed by atoms with Gasteiger partial charge in [-0.05, 0) is 37.5 Å². The third kappa shape index (κ3) is 4.68. The van der Waals surface area contributed by atoms with Crippen molar-refractivity contribution in [3.63, 3.8) is 0 Å². The number of aromatic nitrogens is 4. The van der Waals surface area contributed by atoms with Crippen LogP contribution in [-0.2, 0) is 7.05 Å². The minimum atomic E-state index is -0.481. The van der Waals surface area contributed by atoms with Crippen LogP contribution in [-0.4, -0.2) is 32.4 Å². The van der Waals surface area contributed by atoms with Crippen LogP contribution in [0.25, 0.3) is 11.0 Å². The van der Waals surface area contributed by atoms with Gasteiger partial charge in [0.15, 0.2) is 0 Å². The number of nitrogens with one attached hydrogen (secondary N) is 3. The van der Waals surface area contributed by atoms with Crippen molar-refractivity contribution in [1.29, 1.82) is 0 Å². The van der Waals surface area contributed by atoms with Gasteiger partial charge in [-0.1, -0.05) is 25.4 Å². The molecule has 3 N–H and O–H groups in total. The number of hydrazine groups is 1. The van der Waals surface area contributed by atoms with Crippen LogP contribution in [0, 0.1) is 6.92 Å². The van der Waals surface area contributed by atoms with Crippen molar-refractivity contribution in [2.24, 2.45) is 7.05 Å². The number of amides is 2.